The molecule has 0 unspecified atom stereocenters. The minimum Gasteiger partial charge on any atom is -0.845 e. The van der Waals surface area contributed by atoms with Crippen molar-refractivity contribution in [2.24, 2.45) is 11.4 Å². The van der Waals surface area contributed by atoms with E-state index in [0.717, 1.165) is 5.56 Å². The molecule has 2 heterocycles. The normalized spacial score (nSPS) is 16.2. The Hall–Kier alpha value is -2.59. The molecule has 10 heteroatoms. The van der Waals surface area contributed by atoms with Crippen LogP contribution in [0.1, 0.15) is 38.2 Å². The molecule has 1 N–H and O–H groups in total. The molecule has 3 rings (SSSR count). The summed E-state index contributed by atoms with van der Waals surface area (Å²) in [7, 11) is -2.57. The Balaban J connectivity index is 1.87. The summed E-state index contributed by atoms with van der Waals surface area (Å²) in [5.74, 6) is 0.280. The lowest BCUT2D eigenvalue weighted by Gasteiger charge is -2.32. The van der Waals surface area contributed by atoms with E-state index in [1.54, 1.807) is 19.3 Å². The van der Waals surface area contributed by atoms with E-state index in [4.69, 9.17) is 4.74 Å². The van der Waals surface area contributed by atoms with Crippen molar-refractivity contribution in [1.82, 2.24) is 9.78 Å². The lowest BCUT2D eigenvalue weighted by molar-refractivity contribution is -0.213. The van der Waals surface area contributed by atoms with E-state index in [9.17, 15) is 13.5 Å². The number of nitrogens with one attached hydrogen (secondary N) is 1. The maximum Gasteiger partial charge on any atom is 0.345 e. The zero-order valence-electron chi connectivity index (χ0n) is 16.8. The van der Waals surface area contributed by atoms with E-state index in [0.29, 0.717) is 37.4 Å². The maximum atomic E-state index is 13.0. The van der Waals surface area contributed by atoms with E-state index >= 15 is 0 Å². The van der Waals surface area contributed by atoms with Crippen LogP contribution in [0.25, 0.3) is 0 Å². The van der Waals surface area contributed by atoms with Crippen LogP contribution in [0.5, 0.6) is 0 Å². The van der Waals surface area contributed by atoms with Crippen molar-refractivity contribution >= 4 is 27.6 Å². The molecule has 1 aromatic heterocycles. The van der Waals surface area contributed by atoms with Gasteiger partial charge in [-0.25, -0.2) is 4.31 Å². The highest BCUT2D eigenvalue weighted by atomic mass is 32.2. The highest BCUT2D eigenvalue weighted by Gasteiger charge is 2.32. The van der Waals surface area contributed by atoms with Crippen LogP contribution < -0.4 is 14.7 Å². The molecule has 0 spiro atoms. The van der Waals surface area contributed by atoms with Gasteiger partial charge in [0, 0.05) is 32.1 Å². The third-order valence-corrected chi connectivity index (χ3v) is 6.12. The molecular formula is C19H26N5O4S-. The molecule has 1 aliphatic rings. The van der Waals surface area contributed by atoms with Gasteiger partial charge in [-0.15, -0.1) is 4.40 Å². The Bertz CT molecular complexity index is 964. The SMILES string of the molecule is CC(C)c1cccc(N/C([O-])=N/S(=O)(=O)N(c2cnn(C)c2)C2CCOCC2)c1. The first kappa shape index (κ1) is 21.1. The second-order valence-electron chi connectivity index (χ2n) is 7.29. The van der Waals surface area contributed by atoms with Gasteiger partial charge >= 0.3 is 10.2 Å². The molecule has 0 radical (unpaired) electrons. The van der Waals surface area contributed by atoms with Crippen molar-refractivity contribution in [3.05, 3.63) is 42.2 Å². The predicted octanol–water partition coefficient (Wildman–Crippen LogP) is 1.60. The average molecular weight is 421 g/mol. The molecule has 29 heavy (non-hydrogen) atoms. The summed E-state index contributed by atoms with van der Waals surface area (Å²) < 4.78 is 37.6. The molecule has 0 atom stereocenters. The molecule has 0 saturated carbocycles. The highest BCUT2D eigenvalue weighted by Crippen LogP contribution is 2.26. The van der Waals surface area contributed by atoms with Gasteiger partial charge in [0.1, 0.15) is 0 Å². The van der Waals surface area contributed by atoms with Gasteiger partial charge in [0.2, 0.25) is 0 Å². The number of rotatable bonds is 6. The first-order valence-electron chi connectivity index (χ1n) is 9.51. The van der Waals surface area contributed by atoms with Gasteiger partial charge in [-0.3, -0.25) is 4.68 Å². The van der Waals surface area contributed by atoms with Crippen LogP contribution in [-0.4, -0.2) is 43.5 Å². The Kier molecular flexibility index (Phi) is 6.43. The fourth-order valence-electron chi connectivity index (χ4n) is 3.24. The minimum absolute atomic E-state index is 0.280. The van der Waals surface area contributed by atoms with Crippen molar-refractivity contribution in [3.8, 4) is 0 Å². The fourth-order valence-corrected chi connectivity index (χ4v) is 4.54. The number of benzene rings is 1. The van der Waals surface area contributed by atoms with Crippen LogP contribution in [-0.2, 0) is 22.0 Å². The van der Waals surface area contributed by atoms with E-state index in [1.165, 1.54) is 15.2 Å². The molecule has 158 valence electrons. The van der Waals surface area contributed by atoms with Gasteiger partial charge in [-0.05, 0) is 36.5 Å². The van der Waals surface area contributed by atoms with Crippen LogP contribution in [0.15, 0.2) is 41.1 Å². The van der Waals surface area contributed by atoms with Gasteiger partial charge in [-0.1, -0.05) is 26.0 Å². The smallest absolute Gasteiger partial charge is 0.345 e. The molecule has 0 aliphatic carbocycles. The second kappa shape index (κ2) is 8.83. The Morgan fingerprint density at radius 2 is 2.10 bits per heavy atom. The number of hydrogen-bond acceptors (Lipinski definition) is 5. The first-order valence-corrected chi connectivity index (χ1v) is 10.9. The van der Waals surface area contributed by atoms with E-state index in [-0.39, 0.29) is 12.0 Å². The van der Waals surface area contributed by atoms with Gasteiger partial charge in [0.15, 0.2) is 0 Å². The highest BCUT2D eigenvalue weighted by molar-refractivity contribution is 7.91. The van der Waals surface area contributed by atoms with Gasteiger partial charge in [0.05, 0.1) is 23.9 Å². The molecule has 0 amide bonds. The Morgan fingerprint density at radius 1 is 1.38 bits per heavy atom. The number of nitrogens with zero attached hydrogens (tertiary/aromatic N) is 4. The number of aryl methyl sites for hydroxylation is 1. The van der Waals surface area contributed by atoms with Crippen molar-refractivity contribution in [1.29, 1.82) is 0 Å². The van der Waals surface area contributed by atoms with E-state index < -0.39 is 16.2 Å². The lowest BCUT2D eigenvalue weighted by Crippen LogP contribution is -2.44. The van der Waals surface area contributed by atoms with Crippen LogP contribution in [0.2, 0.25) is 0 Å². The maximum absolute atomic E-state index is 13.0. The van der Waals surface area contributed by atoms with Gasteiger partial charge in [-0.2, -0.15) is 13.5 Å². The summed E-state index contributed by atoms with van der Waals surface area (Å²) in [5, 5.41) is 19.0. The molecule has 1 aliphatic heterocycles. The molecule has 1 aromatic carbocycles. The van der Waals surface area contributed by atoms with Gasteiger partial charge < -0.3 is 15.2 Å². The zero-order valence-corrected chi connectivity index (χ0v) is 17.6. The van der Waals surface area contributed by atoms with Crippen molar-refractivity contribution in [3.63, 3.8) is 0 Å². The number of amidine groups is 1. The number of ether oxygens (including phenoxy) is 1. The van der Waals surface area contributed by atoms with Crippen LogP contribution in [0.3, 0.4) is 0 Å². The van der Waals surface area contributed by atoms with Crippen molar-refractivity contribution in [2.45, 2.75) is 38.6 Å². The van der Waals surface area contributed by atoms with E-state index in [1.807, 2.05) is 32.0 Å². The number of hydrogen-bond donors (Lipinski definition) is 1. The predicted molar refractivity (Wildman–Crippen MR) is 110 cm³/mol. The quantitative estimate of drug-likeness (QED) is 0.561. The standard InChI is InChI=1S/C19H27N5O4S/c1-14(2)15-5-4-6-16(11-15)21-19(25)22-29(26,27)24(17-7-9-28-10-8-17)18-12-20-23(3)13-18/h4-6,11-14,17H,7-10H2,1-3H3,(H2,21,22,25)/p-1. The third-order valence-electron chi connectivity index (χ3n) is 4.72. The number of anilines is 2. The van der Waals surface area contributed by atoms with Crippen LogP contribution >= 0.6 is 0 Å². The Morgan fingerprint density at radius 3 is 2.72 bits per heavy atom. The topological polar surface area (TPSA) is 112 Å². The summed E-state index contributed by atoms with van der Waals surface area (Å²) in [6.45, 7) is 4.97. The first-order chi connectivity index (χ1) is 13.8. The van der Waals surface area contributed by atoms with Gasteiger partial charge in [0.25, 0.3) is 0 Å². The van der Waals surface area contributed by atoms with Crippen molar-refractivity contribution in [2.75, 3.05) is 22.8 Å². The molecule has 2 aromatic rings. The molecule has 1 fully saturated rings. The molecule has 1 saturated heterocycles. The Labute approximate surface area is 171 Å². The summed E-state index contributed by atoms with van der Waals surface area (Å²) in [6, 6.07) is 5.98. The summed E-state index contributed by atoms with van der Waals surface area (Å²) in [5.41, 5.74) is 1.90. The summed E-state index contributed by atoms with van der Waals surface area (Å²) in [4.78, 5) is 0. The van der Waals surface area contributed by atoms with E-state index in [2.05, 4.69) is 14.8 Å². The molecule has 9 nitrogen and oxygen atoms in total. The fraction of sp³-hybridized carbons (Fsp3) is 0.474. The van der Waals surface area contributed by atoms with Crippen LogP contribution in [0, 0.1) is 0 Å². The largest absolute Gasteiger partial charge is 0.845 e. The molecule has 0 bridgehead atoms. The monoisotopic (exact) mass is 420 g/mol. The summed E-state index contributed by atoms with van der Waals surface area (Å²) >= 11 is 0. The number of aromatic nitrogens is 2. The lowest BCUT2D eigenvalue weighted by atomic mass is 10.0. The zero-order chi connectivity index (χ0) is 21.0. The average Bonchev–Trinajstić information content (AvgIpc) is 3.07. The molecular weight excluding hydrogens is 394 g/mol. The second-order valence-corrected chi connectivity index (χ2v) is 8.76. The minimum atomic E-state index is -4.27. The van der Waals surface area contributed by atoms with Crippen LogP contribution in [0.4, 0.5) is 11.4 Å². The van der Waals surface area contributed by atoms with Crippen molar-refractivity contribution < 1.29 is 18.3 Å². The third kappa shape index (κ3) is 5.27. The summed E-state index contributed by atoms with van der Waals surface area (Å²) in [6.07, 6.45) is 4.07.